The third-order valence-electron chi connectivity index (χ3n) is 4.47. The average molecular weight is 357 g/mol. The zero-order valence-corrected chi connectivity index (χ0v) is 14.9. The maximum absolute atomic E-state index is 12.7. The van der Waals surface area contributed by atoms with E-state index < -0.39 is 6.04 Å². The van der Waals surface area contributed by atoms with Crippen LogP contribution in [0.2, 0.25) is 5.02 Å². The minimum atomic E-state index is -0.447. The molecule has 1 aliphatic heterocycles. The molecule has 5 heteroatoms. The Morgan fingerprint density at radius 1 is 1.20 bits per heavy atom. The molecule has 4 nitrogen and oxygen atoms in total. The Balaban J connectivity index is 1.69. The second-order valence-electron chi connectivity index (χ2n) is 6.24. The Morgan fingerprint density at radius 3 is 2.60 bits per heavy atom. The number of halogens is 1. The molecule has 1 atom stereocenters. The molecule has 2 amide bonds. The zero-order valence-electron chi connectivity index (χ0n) is 14.2. The summed E-state index contributed by atoms with van der Waals surface area (Å²) in [6.45, 7) is 2.94. The van der Waals surface area contributed by atoms with Gasteiger partial charge in [0.05, 0.1) is 0 Å². The third-order valence-corrected chi connectivity index (χ3v) is 4.72. The van der Waals surface area contributed by atoms with Crippen molar-refractivity contribution in [3.05, 3.63) is 70.2 Å². The molecule has 1 N–H and O–H groups in total. The van der Waals surface area contributed by atoms with Crippen LogP contribution >= 0.6 is 11.6 Å². The zero-order chi connectivity index (χ0) is 17.8. The molecule has 0 bridgehead atoms. The molecular weight excluding hydrogens is 336 g/mol. The van der Waals surface area contributed by atoms with Gasteiger partial charge in [0.1, 0.15) is 6.04 Å². The van der Waals surface area contributed by atoms with Crippen molar-refractivity contribution < 1.29 is 9.59 Å². The number of fused-ring (bicyclic) bond motifs is 1. The number of hydrogen-bond donors (Lipinski definition) is 1. The summed E-state index contributed by atoms with van der Waals surface area (Å²) in [5, 5.41) is 3.62. The predicted octanol–water partition coefficient (Wildman–Crippen LogP) is 3.78. The van der Waals surface area contributed by atoms with E-state index in [2.05, 4.69) is 5.32 Å². The standard InChI is InChI=1S/C20H21ClN2O2/c1-2-5-18(19(24)22-12-14-8-10-16(21)11-9-14)23-13-15-6-3-4-7-17(15)20(23)25/h3-4,6-11,18H,2,5,12-13H2,1H3,(H,22,24)/t18-/m0/s1. The smallest absolute Gasteiger partial charge is 0.255 e. The van der Waals surface area contributed by atoms with Crippen molar-refractivity contribution in [3.63, 3.8) is 0 Å². The van der Waals surface area contributed by atoms with Crippen molar-refractivity contribution in [3.8, 4) is 0 Å². The highest BCUT2D eigenvalue weighted by Gasteiger charge is 2.35. The van der Waals surface area contributed by atoms with Crippen LogP contribution in [-0.4, -0.2) is 22.8 Å². The second kappa shape index (κ2) is 7.70. The van der Waals surface area contributed by atoms with Crippen molar-refractivity contribution in [2.24, 2.45) is 0 Å². The van der Waals surface area contributed by atoms with Gasteiger partial charge in [0, 0.05) is 23.7 Å². The van der Waals surface area contributed by atoms with Gasteiger partial charge in [-0.1, -0.05) is 55.3 Å². The third kappa shape index (κ3) is 3.85. The summed E-state index contributed by atoms with van der Waals surface area (Å²) >= 11 is 5.88. The molecule has 25 heavy (non-hydrogen) atoms. The number of hydrogen-bond acceptors (Lipinski definition) is 2. The van der Waals surface area contributed by atoms with Gasteiger partial charge in [-0.2, -0.15) is 0 Å². The molecule has 0 saturated heterocycles. The van der Waals surface area contributed by atoms with Crippen LogP contribution in [0.1, 0.15) is 41.3 Å². The number of rotatable bonds is 6. The van der Waals surface area contributed by atoms with Crippen LogP contribution in [0.5, 0.6) is 0 Å². The van der Waals surface area contributed by atoms with Crippen molar-refractivity contribution in [2.45, 2.75) is 38.9 Å². The highest BCUT2D eigenvalue weighted by molar-refractivity contribution is 6.30. The first-order chi connectivity index (χ1) is 12.1. The first-order valence-corrected chi connectivity index (χ1v) is 8.89. The number of nitrogens with one attached hydrogen (secondary N) is 1. The Bertz CT molecular complexity index is 774. The number of benzene rings is 2. The van der Waals surface area contributed by atoms with E-state index in [1.165, 1.54) is 0 Å². The highest BCUT2D eigenvalue weighted by Crippen LogP contribution is 2.26. The number of amides is 2. The van der Waals surface area contributed by atoms with Gasteiger partial charge in [-0.15, -0.1) is 0 Å². The largest absolute Gasteiger partial charge is 0.350 e. The normalized spacial score (nSPS) is 14.3. The lowest BCUT2D eigenvalue weighted by Crippen LogP contribution is -2.46. The Kier molecular flexibility index (Phi) is 5.39. The van der Waals surface area contributed by atoms with Crippen LogP contribution in [-0.2, 0) is 17.9 Å². The molecule has 130 valence electrons. The van der Waals surface area contributed by atoms with Crippen LogP contribution in [0, 0.1) is 0 Å². The minimum absolute atomic E-state index is 0.0595. The van der Waals surface area contributed by atoms with E-state index in [0.717, 1.165) is 17.5 Å². The molecule has 1 aliphatic rings. The van der Waals surface area contributed by atoms with E-state index in [0.29, 0.717) is 30.1 Å². The van der Waals surface area contributed by atoms with Gasteiger partial charge < -0.3 is 10.2 Å². The molecule has 0 unspecified atom stereocenters. The number of carbonyl (C=O) groups is 2. The maximum atomic E-state index is 12.7. The monoisotopic (exact) mass is 356 g/mol. The molecular formula is C20H21ClN2O2. The van der Waals surface area contributed by atoms with Crippen LogP contribution in [0.3, 0.4) is 0 Å². The van der Waals surface area contributed by atoms with E-state index in [1.807, 2.05) is 43.3 Å². The second-order valence-corrected chi connectivity index (χ2v) is 6.68. The van der Waals surface area contributed by atoms with Crippen molar-refractivity contribution >= 4 is 23.4 Å². The predicted molar refractivity (Wildman–Crippen MR) is 98.3 cm³/mol. The van der Waals surface area contributed by atoms with Gasteiger partial charge >= 0.3 is 0 Å². The van der Waals surface area contributed by atoms with Crippen molar-refractivity contribution in [1.29, 1.82) is 0 Å². The molecule has 0 aromatic heterocycles. The topological polar surface area (TPSA) is 49.4 Å². The lowest BCUT2D eigenvalue weighted by molar-refractivity contribution is -0.126. The minimum Gasteiger partial charge on any atom is -0.350 e. The highest BCUT2D eigenvalue weighted by atomic mass is 35.5. The molecule has 0 radical (unpaired) electrons. The van der Waals surface area contributed by atoms with Crippen LogP contribution in [0.15, 0.2) is 48.5 Å². The van der Waals surface area contributed by atoms with Gasteiger partial charge in [0.25, 0.3) is 5.91 Å². The number of carbonyl (C=O) groups excluding carboxylic acids is 2. The van der Waals surface area contributed by atoms with Gasteiger partial charge in [-0.05, 0) is 35.7 Å². The SMILES string of the molecule is CCC[C@@H](C(=O)NCc1ccc(Cl)cc1)N1Cc2ccccc2C1=O. The fourth-order valence-electron chi connectivity index (χ4n) is 3.14. The van der Waals surface area contributed by atoms with E-state index in [1.54, 1.807) is 17.0 Å². The lowest BCUT2D eigenvalue weighted by Gasteiger charge is -2.26. The van der Waals surface area contributed by atoms with E-state index >= 15 is 0 Å². The molecule has 2 aromatic rings. The molecule has 0 fully saturated rings. The maximum Gasteiger partial charge on any atom is 0.255 e. The summed E-state index contributed by atoms with van der Waals surface area (Å²) in [4.78, 5) is 27.1. The van der Waals surface area contributed by atoms with Crippen LogP contribution in [0.4, 0.5) is 0 Å². The average Bonchev–Trinajstić information content (AvgIpc) is 2.96. The molecule has 1 heterocycles. The summed E-state index contributed by atoms with van der Waals surface area (Å²) < 4.78 is 0. The molecule has 3 rings (SSSR count). The first kappa shape index (κ1) is 17.5. The Morgan fingerprint density at radius 2 is 1.92 bits per heavy atom. The van der Waals surface area contributed by atoms with Gasteiger partial charge in [-0.3, -0.25) is 9.59 Å². The Labute approximate surface area is 152 Å². The summed E-state index contributed by atoms with van der Waals surface area (Å²) in [6, 6.07) is 14.5. The van der Waals surface area contributed by atoms with Gasteiger partial charge in [0.15, 0.2) is 0 Å². The molecule has 2 aromatic carbocycles. The number of nitrogens with zero attached hydrogens (tertiary/aromatic N) is 1. The van der Waals surface area contributed by atoms with Gasteiger partial charge in [0.2, 0.25) is 5.91 Å². The van der Waals surface area contributed by atoms with Gasteiger partial charge in [-0.25, -0.2) is 0 Å². The van der Waals surface area contributed by atoms with Crippen molar-refractivity contribution in [2.75, 3.05) is 0 Å². The quantitative estimate of drug-likeness (QED) is 0.856. The summed E-state index contributed by atoms with van der Waals surface area (Å²) in [7, 11) is 0. The molecule has 0 saturated carbocycles. The van der Waals surface area contributed by atoms with Crippen molar-refractivity contribution in [1.82, 2.24) is 10.2 Å². The first-order valence-electron chi connectivity index (χ1n) is 8.51. The fourth-order valence-corrected chi connectivity index (χ4v) is 3.27. The molecule has 0 aliphatic carbocycles. The summed E-state index contributed by atoms with van der Waals surface area (Å²) in [6.07, 6.45) is 1.48. The lowest BCUT2D eigenvalue weighted by atomic mass is 10.1. The van der Waals surface area contributed by atoms with Crippen LogP contribution < -0.4 is 5.32 Å². The Hall–Kier alpha value is -2.33. The fraction of sp³-hybridized carbons (Fsp3) is 0.300. The van der Waals surface area contributed by atoms with E-state index in [9.17, 15) is 9.59 Å². The summed E-state index contributed by atoms with van der Waals surface area (Å²) in [5.74, 6) is -0.173. The van der Waals surface area contributed by atoms with E-state index in [-0.39, 0.29) is 11.8 Å². The van der Waals surface area contributed by atoms with E-state index in [4.69, 9.17) is 11.6 Å². The molecule has 0 spiro atoms. The summed E-state index contributed by atoms with van der Waals surface area (Å²) in [5.41, 5.74) is 2.66. The van der Waals surface area contributed by atoms with Crippen LogP contribution in [0.25, 0.3) is 0 Å².